The van der Waals surface area contributed by atoms with Crippen LogP contribution in [0.5, 0.6) is 5.88 Å². The van der Waals surface area contributed by atoms with Crippen molar-refractivity contribution in [3.05, 3.63) is 98.2 Å². The SMILES string of the molecule is CN(C)Cc1c(-c2ccc(N)cc2)sc2c1c(=O)n(-c1ccc(OCC(F)(F)F)nn1)c(=O)n2Cc1c(F)cccc1F. The Balaban J connectivity index is 1.79. The lowest BCUT2D eigenvalue weighted by Gasteiger charge is -2.14. The van der Waals surface area contributed by atoms with Gasteiger partial charge in [-0.2, -0.15) is 13.2 Å². The lowest BCUT2D eigenvalue weighted by Crippen LogP contribution is -2.39. The molecule has 2 N–H and O–H groups in total. The van der Waals surface area contributed by atoms with E-state index in [9.17, 15) is 31.5 Å². The lowest BCUT2D eigenvalue weighted by molar-refractivity contribution is -0.154. The van der Waals surface area contributed by atoms with Crippen LogP contribution < -0.4 is 21.7 Å². The van der Waals surface area contributed by atoms with Gasteiger partial charge in [-0.3, -0.25) is 9.36 Å². The molecule has 0 aliphatic heterocycles. The van der Waals surface area contributed by atoms with Crippen molar-refractivity contribution in [2.45, 2.75) is 19.3 Å². The predicted molar refractivity (Wildman–Crippen MR) is 152 cm³/mol. The molecule has 0 radical (unpaired) electrons. The van der Waals surface area contributed by atoms with Gasteiger partial charge in [0.1, 0.15) is 16.5 Å². The largest absolute Gasteiger partial charge is 0.467 e. The quantitative estimate of drug-likeness (QED) is 0.200. The molecule has 9 nitrogen and oxygen atoms in total. The molecule has 5 aromatic rings. The zero-order valence-corrected chi connectivity index (χ0v) is 23.5. The number of nitrogen functional groups attached to an aromatic ring is 1. The average molecular weight is 619 g/mol. The molecule has 0 atom stereocenters. The van der Waals surface area contributed by atoms with Crippen molar-refractivity contribution >= 4 is 27.2 Å². The number of thiophene rings is 1. The molecular formula is C28H23F5N6O3S. The third-order valence-corrected chi connectivity index (χ3v) is 7.64. The Hall–Kier alpha value is -4.63. The fourth-order valence-corrected chi connectivity index (χ4v) is 5.75. The summed E-state index contributed by atoms with van der Waals surface area (Å²) in [6, 6.07) is 12.3. The maximum atomic E-state index is 14.8. The molecule has 0 bridgehead atoms. The summed E-state index contributed by atoms with van der Waals surface area (Å²) in [4.78, 5) is 30.6. The van der Waals surface area contributed by atoms with E-state index in [1.807, 2.05) is 4.90 Å². The molecule has 0 unspecified atom stereocenters. The molecule has 0 saturated heterocycles. The van der Waals surface area contributed by atoms with Gasteiger partial charge in [-0.1, -0.05) is 18.2 Å². The van der Waals surface area contributed by atoms with E-state index in [1.54, 1.807) is 38.4 Å². The van der Waals surface area contributed by atoms with Gasteiger partial charge in [0.25, 0.3) is 5.56 Å². The van der Waals surface area contributed by atoms with Crippen LogP contribution >= 0.6 is 11.3 Å². The van der Waals surface area contributed by atoms with Crippen molar-refractivity contribution in [2.24, 2.45) is 0 Å². The number of hydrogen-bond acceptors (Lipinski definition) is 8. The highest BCUT2D eigenvalue weighted by atomic mass is 32.1. The van der Waals surface area contributed by atoms with Crippen molar-refractivity contribution in [3.8, 4) is 22.1 Å². The Labute approximate surface area is 244 Å². The Bertz CT molecular complexity index is 1900. The smallest absolute Gasteiger partial charge is 0.422 e. The molecule has 5 rings (SSSR count). The minimum absolute atomic E-state index is 0.0982. The molecule has 15 heteroatoms. The topological polar surface area (TPSA) is 108 Å². The fraction of sp³-hybridized carbons (Fsp3) is 0.214. The number of aromatic nitrogens is 4. The molecule has 0 aliphatic rings. The molecule has 43 heavy (non-hydrogen) atoms. The van der Waals surface area contributed by atoms with E-state index < -0.39 is 53.7 Å². The van der Waals surface area contributed by atoms with Gasteiger partial charge < -0.3 is 15.4 Å². The molecule has 0 spiro atoms. The molecule has 0 aliphatic carbocycles. The van der Waals surface area contributed by atoms with E-state index in [-0.39, 0.29) is 22.6 Å². The van der Waals surface area contributed by atoms with Crippen LogP contribution in [0.4, 0.5) is 27.6 Å². The van der Waals surface area contributed by atoms with Gasteiger partial charge in [0.2, 0.25) is 5.88 Å². The monoisotopic (exact) mass is 618 g/mol. The van der Waals surface area contributed by atoms with Crippen molar-refractivity contribution in [3.63, 3.8) is 0 Å². The van der Waals surface area contributed by atoms with Crippen LogP contribution in [0.1, 0.15) is 11.1 Å². The van der Waals surface area contributed by atoms with Gasteiger partial charge in [0, 0.05) is 28.7 Å². The minimum atomic E-state index is -4.62. The van der Waals surface area contributed by atoms with Crippen molar-refractivity contribution in [1.82, 2.24) is 24.2 Å². The third kappa shape index (κ3) is 6.12. The molecule has 224 valence electrons. The highest BCUT2D eigenvalue weighted by molar-refractivity contribution is 7.22. The van der Waals surface area contributed by atoms with E-state index in [2.05, 4.69) is 14.9 Å². The number of nitrogens with two attached hydrogens (primary N) is 1. The Kier molecular flexibility index (Phi) is 8.03. The first kappa shape index (κ1) is 29.8. The van der Waals surface area contributed by atoms with E-state index in [0.29, 0.717) is 26.3 Å². The summed E-state index contributed by atoms with van der Waals surface area (Å²) in [5, 5.41) is 7.44. The van der Waals surface area contributed by atoms with Gasteiger partial charge in [-0.25, -0.2) is 18.1 Å². The first-order chi connectivity index (χ1) is 20.3. The number of benzene rings is 2. The standard InChI is InChI=1S/C28H23F5N6O3S/c1-37(2)12-18-23-25(40)39(21-10-11-22(36-35-21)42-14-28(31,32)33)27(41)38(13-17-19(29)4-3-5-20(17)30)26(23)43-24(18)15-6-8-16(34)9-7-15/h3-11H,12-14,34H2,1-2H3. The van der Waals surface area contributed by atoms with E-state index in [4.69, 9.17) is 5.73 Å². The summed E-state index contributed by atoms with van der Waals surface area (Å²) in [7, 11) is 3.56. The normalized spacial score (nSPS) is 11.9. The Morgan fingerprint density at radius 2 is 1.63 bits per heavy atom. The number of anilines is 1. The van der Waals surface area contributed by atoms with Crippen molar-refractivity contribution in [2.75, 3.05) is 26.4 Å². The van der Waals surface area contributed by atoms with E-state index in [1.165, 1.54) is 6.07 Å². The first-order valence-corrected chi connectivity index (χ1v) is 13.4. The second kappa shape index (κ2) is 11.6. The Morgan fingerprint density at radius 1 is 0.953 bits per heavy atom. The number of halogens is 5. The average Bonchev–Trinajstić information content (AvgIpc) is 3.30. The molecular weight excluding hydrogens is 595 g/mol. The van der Waals surface area contributed by atoms with E-state index >= 15 is 0 Å². The van der Waals surface area contributed by atoms with Crippen LogP contribution in [0.25, 0.3) is 26.5 Å². The van der Waals surface area contributed by atoms with Crippen molar-refractivity contribution in [1.29, 1.82) is 0 Å². The summed E-state index contributed by atoms with van der Waals surface area (Å²) in [5.41, 5.74) is 5.42. The summed E-state index contributed by atoms with van der Waals surface area (Å²) < 4.78 is 73.6. The number of alkyl halides is 3. The highest BCUT2D eigenvalue weighted by Gasteiger charge is 2.29. The van der Waals surface area contributed by atoms with Crippen LogP contribution in [0.2, 0.25) is 0 Å². The van der Waals surface area contributed by atoms with E-state index in [0.717, 1.165) is 40.2 Å². The summed E-state index contributed by atoms with van der Waals surface area (Å²) in [6.07, 6.45) is -4.62. The second-order valence-corrected chi connectivity index (χ2v) is 10.8. The molecule has 2 aromatic carbocycles. The zero-order valence-electron chi connectivity index (χ0n) is 22.7. The lowest BCUT2D eigenvalue weighted by atomic mass is 10.1. The van der Waals surface area contributed by atoms with Gasteiger partial charge in [0.15, 0.2) is 12.4 Å². The first-order valence-electron chi connectivity index (χ1n) is 12.6. The third-order valence-electron chi connectivity index (χ3n) is 6.34. The summed E-state index contributed by atoms with van der Waals surface area (Å²) in [6.45, 7) is -1.95. The summed E-state index contributed by atoms with van der Waals surface area (Å²) in [5.74, 6) is -2.60. The second-order valence-electron chi connectivity index (χ2n) is 9.79. The highest BCUT2D eigenvalue weighted by Crippen LogP contribution is 2.38. The Morgan fingerprint density at radius 3 is 2.21 bits per heavy atom. The van der Waals surface area contributed by atoms with Crippen LogP contribution in [-0.4, -0.2) is 51.1 Å². The molecule has 0 amide bonds. The predicted octanol–water partition coefficient (Wildman–Crippen LogP) is 4.58. The number of rotatable bonds is 8. The van der Waals surface area contributed by atoms with Crippen molar-refractivity contribution < 1.29 is 26.7 Å². The molecule has 0 fully saturated rings. The fourth-order valence-electron chi connectivity index (χ4n) is 4.45. The van der Waals surface area contributed by atoms with Gasteiger partial charge in [-0.05, 0) is 55.6 Å². The number of hydrogen-bond donors (Lipinski definition) is 1. The molecule has 3 heterocycles. The van der Waals surface area contributed by atoms with Gasteiger partial charge >= 0.3 is 11.9 Å². The van der Waals surface area contributed by atoms with Gasteiger partial charge in [-0.15, -0.1) is 21.5 Å². The zero-order chi connectivity index (χ0) is 31.1. The number of nitrogens with zero attached hydrogens (tertiary/aromatic N) is 5. The van der Waals surface area contributed by atoms with Crippen LogP contribution in [0.3, 0.4) is 0 Å². The summed E-state index contributed by atoms with van der Waals surface area (Å²) >= 11 is 1.10. The molecule has 3 aromatic heterocycles. The van der Waals surface area contributed by atoms with Crippen LogP contribution in [0.15, 0.2) is 64.2 Å². The van der Waals surface area contributed by atoms with Gasteiger partial charge in [0.05, 0.1) is 11.9 Å². The van der Waals surface area contributed by atoms with Crippen LogP contribution in [-0.2, 0) is 13.1 Å². The minimum Gasteiger partial charge on any atom is -0.467 e. The number of fused-ring (bicyclic) bond motifs is 1. The maximum Gasteiger partial charge on any atom is 0.422 e. The molecule has 0 saturated carbocycles. The van der Waals surface area contributed by atoms with Crippen LogP contribution in [0, 0.1) is 11.6 Å². The maximum absolute atomic E-state index is 14.8. The number of ether oxygens (including phenoxy) is 1.